The van der Waals surface area contributed by atoms with Crippen LogP contribution in [0.3, 0.4) is 0 Å². The SMILES string of the molecule is CC(C)C[C@H](NC(=O)[C@H](Cc1c[nH]c2ccccc12)NC(=O)[C@H](CC(N)=O)NC(=O)[C@H](CCC(=O)O)NC(=O)[C@H](CC(=O)O)NC(=O)[C@H](CO)NC(=O)[C@@H](N)CS)C(=O)N[C@@H](Cc1c[nH]c2ccccc12)C(=O)N[C@@H](CS)C(=O)O. The first-order chi connectivity index (χ1) is 37.8. The minimum atomic E-state index is -2.04. The van der Waals surface area contributed by atoms with Gasteiger partial charge in [0.2, 0.25) is 53.2 Å². The van der Waals surface area contributed by atoms with Gasteiger partial charge in [0.15, 0.2) is 0 Å². The Balaban J connectivity index is 1.66. The van der Waals surface area contributed by atoms with Gasteiger partial charge < -0.3 is 84.4 Å². The second kappa shape index (κ2) is 30.8. The standard InChI is InChI=1S/C50H66N12O16S2/c1-23(2)13-32(44(71)57-34(46(73)62-38(22-80)50(77)78)15-25-19-54-30-10-6-4-8-27(25)30)56-45(72)33(14-24-18-53-29-9-5-3-7-26(24)29)58-47(74)35(16-39(52)64)59-43(70)31(11-12-40(65)66)55-48(75)36(17-41(67)68)60-49(76)37(20-63)61-42(69)28(51)21-79/h3-10,18-19,23,28,31-38,53-54,63,79-80H,11-17,20-22,51H2,1-2H3,(H2,52,64)(H,55,75)(H,56,72)(H,57,71)(H,58,74)(H,59,70)(H,60,76)(H,61,69)(H,62,73)(H,65,66)(H,67,68)(H,77,78)/t28-,31-,32-,33-,34-,35-,36-,37-,38-/m0/s1. The first-order valence-electron chi connectivity index (χ1n) is 24.9. The van der Waals surface area contributed by atoms with E-state index in [-0.39, 0.29) is 36.7 Å². The van der Waals surface area contributed by atoms with Crippen molar-refractivity contribution in [3.05, 3.63) is 72.1 Å². The monoisotopic (exact) mass is 1150 g/mol. The van der Waals surface area contributed by atoms with Gasteiger partial charge in [0.05, 0.1) is 25.5 Å². The molecule has 0 radical (unpaired) electrons. The summed E-state index contributed by atoms with van der Waals surface area (Å²) < 4.78 is 0. The van der Waals surface area contributed by atoms with E-state index in [1.807, 2.05) is 5.32 Å². The molecule has 18 N–H and O–H groups in total. The normalized spacial score (nSPS) is 14.6. The fraction of sp³-hybridized carbons (Fsp3) is 0.440. The van der Waals surface area contributed by atoms with E-state index in [0.717, 1.165) is 0 Å². The highest BCUT2D eigenvalue weighted by atomic mass is 32.1. The number of aromatic nitrogens is 2. The second-order valence-corrected chi connectivity index (χ2v) is 19.7. The molecule has 4 aromatic rings. The molecule has 80 heavy (non-hydrogen) atoms. The lowest BCUT2D eigenvalue weighted by molar-refractivity contribution is -0.142. The van der Waals surface area contributed by atoms with E-state index in [9.17, 15) is 78.0 Å². The molecular weight excluding hydrogens is 1090 g/mol. The molecule has 0 spiro atoms. The number of hydrogen-bond donors (Lipinski definition) is 18. The highest BCUT2D eigenvalue weighted by molar-refractivity contribution is 7.80. The van der Waals surface area contributed by atoms with Gasteiger partial charge in [-0.25, -0.2) is 4.79 Å². The summed E-state index contributed by atoms with van der Waals surface area (Å²) in [7, 11) is 0. The molecule has 434 valence electrons. The maximum Gasteiger partial charge on any atom is 0.327 e. The van der Waals surface area contributed by atoms with Crippen LogP contribution in [0.4, 0.5) is 0 Å². The highest BCUT2D eigenvalue weighted by Crippen LogP contribution is 2.22. The van der Waals surface area contributed by atoms with Gasteiger partial charge in [-0.1, -0.05) is 50.2 Å². The first kappa shape index (κ1) is 64.3. The zero-order valence-electron chi connectivity index (χ0n) is 43.4. The van der Waals surface area contributed by atoms with Crippen molar-refractivity contribution in [2.75, 3.05) is 18.1 Å². The van der Waals surface area contributed by atoms with Gasteiger partial charge >= 0.3 is 17.9 Å². The number of thiol groups is 2. The van der Waals surface area contributed by atoms with Crippen LogP contribution in [0.2, 0.25) is 0 Å². The lowest BCUT2D eigenvalue weighted by Crippen LogP contribution is -2.61. The summed E-state index contributed by atoms with van der Waals surface area (Å²) >= 11 is 7.93. The number of aliphatic carboxylic acids is 3. The summed E-state index contributed by atoms with van der Waals surface area (Å²) in [6, 6.07) is -0.880. The summed E-state index contributed by atoms with van der Waals surface area (Å²) in [4.78, 5) is 165. The van der Waals surface area contributed by atoms with Gasteiger partial charge in [0.25, 0.3) is 0 Å². The molecule has 4 rings (SSSR count). The third kappa shape index (κ3) is 19.3. The van der Waals surface area contributed by atoms with Gasteiger partial charge in [0.1, 0.15) is 48.3 Å². The van der Waals surface area contributed by atoms with Gasteiger partial charge in [0, 0.05) is 65.0 Å². The molecule has 9 amide bonds. The number of carbonyl (C=O) groups excluding carboxylic acids is 9. The van der Waals surface area contributed by atoms with E-state index < -0.39 is 158 Å². The van der Waals surface area contributed by atoms with Crippen molar-refractivity contribution in [1.29, 1.82) is 0 Å². The molecule has 0 fully saturated rings. The molecule has 2 aromatic heterocycles. The number of primary amides is 1. The van der Waals surface area contributed by atoms with Crippen molar-refractivity contribution in [3.8, 4) is 0 Å². The maximum absolute atomic E-state index is 14.7. The number of aliphatic hydroxyl groups excluding tert-OH is 1. The van der Waals surface area contributed by atoms with E-state index in [1.54, 1.807) is 74.8 Å². The summed E-state index contributed by atoms with van der Waals surface area (Å²) in [5.41, 5.74) is 13.5. The molecule has 30 heteroatoms. The number of benzene rings is 2. The van der Waals surface area contributed by atoms with Crippen LogP contribution in [0.5, 0.6) is 0 Å². The quantitative estimate of drug-likeness (QED) is 0.0209. The zero-order valence-corrected chi connectivity index (χ0v) is 45.1. The fourth-order valence-electron chi connectivity index (χ4n) is 8.14. The number of carboxylic acid groups (broad SMARTS) is 3. The molecule has 0 unspecified atom stereocenters. The molecule has 2 heterocycles. The number of aromatic amines is 2. The van der Waals surface area contributed by atoms with E-state index in [2.05, 4.69) is 72.4 Å². The number of amides is 9. The molecule has 28 nitrogen and oxygen atoms in total. The maximum atomic E-state index is 14.7. The molecule has 0 aliphatic heterocycles. The Labute approximate surface area is 467 Å². The molecule has 2 aromatic carbocycles. The van der Waals surface area contributed by atoms with Crippen LogP contribution < -0.4 is 54.0 Å². The number of carboxylic acids is 3. The average Bonchev–Trinajstić information content (AvgIpc) is 4.03. The van der Waals surface area contributed by atoms with Crippen molar-refractivity contribution in [1.82, 2.24) is 52.5 Å². The predicted octanol–water partition coefficient (Wildman–Crippen LogP) is -3.16. The van der Waals surface area contributed by atoms with E-state index in [0.29, 0.717) is 32.9 Å². The van der Waals surface area contributed by atoms with Crippen molar-refractivity contribution in [2.45, 2.75) is 113 Å². The number of carbonyl (C=O) groups is 12. The van der Waals surface area contributed by atoms with Crippen LogP contribution in [0.1, 0.15) is 57.1 Å². The number of para-hydroxylation sites is 2. The Kier molecular flexibility index (Phi) is 24.8. The van der Waals surface area contributed by atoms with Crippen LogP contribution in [-0.4, -0.2) is 174 Å². The molecular formula is C50H66N12O16S2. The minimum Gasteiger partial charge on any atom is -0.481 e. The topological polar surface area (TPSA) is 466 Å². The summed E-state index contributed by atoms with van der Waals surface area (Å²) in [5.74, 6) is -15.4. The largest absolute Gasteiger partial charge is 0.481 e. The lowest BCUT2D eigenvalue weighted by Gasteiger charge is -2.28. The summed E-state index contributed by atoms with van der Waals surface area (Å²) in [5, 5.41) is 58.7. The number of nitrogens with one attached hydrogen (secondary N) is 10. The lowest BCUT2D eigenvalue weighted by atomic mass is 9.99. The molecule has 0 aliphatic carbocycles. The summed E-state index contributed by atoms with van der Waals surface area (Å²) in [6.45, 7) is 2.42. The first-order valence-corrected chi connectivity index (χ1v) is 26.2. The Bertz CT molecular complexity index is 2920. The number of fused-ring (bicyclic) bond motifs is 2. The van der Waals surface area contributed by atoms with Crippen LogP contribution in [0.15, 0.2) is 60.9 Å². The number of H-pyrrole nitrogens is 2. The van der Waals surface area contributed by atoms with Crippen molar-refractivity contribution in [2.24, 2.45) is 17.4 Å². The predicted molar refractivity (Wildman–Crippen MR) is 292 cm³/mol. The van der Waals surface area contributed by atoms with Gasteiger partial charge in [-0.3, -0.25) is 52.7 Å². The second-order valence-electron chi connectivity index (χ2n) is 18.9. The van der Waals surface area contributed by atoms with Gasteiger partial charge in [-0.15, -0.1) is 0 Å². The van der Waals surface area contributed by atoms with E-state index in [4.69, 9.17) is 11.5 Å². The van der Waals surface area contributed by atoms with Crippen molar-refractivity contribution >= 4 is 118 Å². The highest BCUT2D eigenvalue weighted by Gasteiger charge is 2.37. The Hall–Kier alpha value is -8.22. The number of nitrogens with two attached hydrogens (primary N) is 2. The molecule has 0 saturated carbocycles. The Morgan fingerprint density at radius 1 is 0.512 bits per heavy atom. The molecule has 9 atom stereocenters. The number of aliphatic hydroxyl groups is 1. The smallest absolute Gasteiger partial charge is 0.327 e. The summed E-state index contributed by atoms with van der Waals surface area (Å²) in [6.07, 6.45) is -0.990. The average molecular weight is 1160 g/mol. The molecule has 0 saturated heterocycles. The molecule has 0 bridgehead atoms. The van der Waals surface area contributed by atoms with Crippen molar-refractivity contribution in [3.63, 3.8) is 0 Å². The van der Waals surface area contributed by atoms with Gasteiger partial charge in [-0.2, -0.15) is 25.3 Å². The molecule has 0 aliphatic rings. The minimum absolute atomic E-state index is 0.0499. The fourth-order valence-corrected chi connectivity index (χ4v) is 8.55. The van der Waals surface area contributed by atoms with Crippen molar-refractivity contribution < 1.29 is 78.0 Å². The Morgan fingerprint density at radius 3 is 1.35 bits per heavy atom. The Morgan fingerprint density at radius 2 is 0.912 bits per heavy atom. The van der Waals surface area contributed by atoms with Crippen LogP contribution in [0.25, 0.3) is 21.8 Å². The van der Waals surface area contributed by atoms with Crippen LogP contribution in [-0.2, 0) is 70.4 Å². The third-order valence-electron chi connectivity index (χ3n) is 12.3. The third-order valence-corrected chi connectivity index (χ3v) is 13.0. The number of rotatable bonds is 33. The van der Waals surface area contributed by atoms with Crippen LogP contribution >= 0.6 is 25.3 Å². The van der Waals surface area contributed by atoms with Gasteiger partial charge in [-0.05, 0) is 42.0 Å². The number of hydrogen-bond acceptors (Lipinski definition) is 16. The van der Waals surface area contributed by atoms with E-state index >= 15 is 0 Å². The van der Waals surface area contributed by atoms with Crippen LogP contribution in [0, 0.1) is 5.92 Å². The van der Waals surface area contributed by atoms with E-state index in [1.165, 1.54) is 0 Å². The zero-order chi connectivity index (χ0) is 59.4.